The molecule has 2 atom stereocenters. The molecule has 0 saturated heterocycles. The van der Waals surface area contributed by atoms with E-state index in [1.54, 1.807) is 6.92 Å². The minimum atomic E-state index is -2.66. The van der Waals surface area contributed by atoms with Gasteiger partial charge in [-0.2, -0.15) is 4.98 Å². The molecule has 0 fully saturated rings. The van der Waals surface area contributed by atoms with E-state index in [-0.39, 0.29) is 41.4 Å². The predicted octanol–water partition coefficient (Wildman–Crippen LogP) is 2.46. The summed E-state index contributed by atoms with van der Waals surface area (Å²) < 4.78 is 32.4. The first-order valence-electron chi connectivity index (χ1n) is 7.94. The molecule has 1 aromatic carbocycles. The van der Waals surface area contributed by atoms with Crippen molar-refractivity contribution in [3.8, 4) is 5.75 Å². The normalized spacial score (nSPS) is 18.6. The number of amides is 1. The molecule has 0 bridgehead atoms. The number of hydrogen-bond acceptors (Lipinski definition) is 7. The summed E-state index contributed by atoms with van der Waals surface area (Å²) in [5.41, 5.74) is -0.194. The highest BCUT2D eigenvalue weighted by atomic mass is 19.3. The molecule has 0 radical (unpaired) electrons. The minimum absolute atomic E-state index is 0.0702. The van der Waals surface area contributed by atoms with Crippen LogP contribution in [0, 0.1) is 10.1 Å². The van der Waals surface area contributed by atoms with Crippen molar-refractivity contribution < 1.29 is 23.2 Å². The Balaban J connectivity index is 1.87. The first-order valence-corrected chi connectivity index (χ1v) is 7.94. The summed E-state index contributed by atoms with van der Waals surface area (Å²) >= 11 is 0. The number of ether oxygens (including phenoxy) is 1. The number of rotatable bonds is 5. The summed E-state index contributed by atoms with van der Waals surface area (Å²) in [6, 6.07) is 2.27. The number of carbonyl (C=O) groups excluding carboxylic acids is 1. The molecule has 12 heteroatoms. The molecule has 0 spiro atoms. The van der Waals surface area contributed by atoms with E-state index in [0.29, 0.717) is 0 Å². The summed E-state index contributed by atoms with van der Waals surface area (Å²) in [5.74, 6) is -0.879. The van der Waals surface area contributed by atoms with Crippen molar-refractivity contribution in [2.75, 3.05) is 17.7 Å². The average Bonchev–Trinajstić information content (AvgIpc) is 3.04. The number of hydrogen-bond donors (Lipinski definition) is 2. The standard InChI is InChI=1S/C15H16F2N6O4/c1-7-3-11(12(16)17)22-15(18-7)20-13(21-22)14(24)19-8-4-9(23(25)26)6-10(5-8)27-2/h4-7,11-12H,3H2,1-2H3,(H,19,24)(H,18,20,21)/t7-,11-/m1/s1. The van der Waals surface area contributed by atoms with E-state index in [9.17, 15) is 23.7 Å². The smallest absolute Gasteiger partial charge is 0.295 e. The average molecular weight is 382 g/mol. The Kier molecular flexibility index (Phi) is 4.88. The number of fused-ring (bicyclic) bond motifs is 1. The lowest BCUT2D eigenvalue weighted by Crippen LogP contribution is -2.33. The first-order chi connectivity index (χ1) is 12.8. The van der Waals surface area contributed by atoms with E-state index in [4.69, 9.17) is 4.74 Å². The summed E-state index contributed by atoms with van der Waals surface area (Å²) in [7, 11) is 1.33. The zero-order valence-corrected chi connectivity index (χ0v) is 14.3. The zero-order chi connectivity index (χ0) is 19.7. The molecule has 2 N–H and O–H groups in total. The van der Waals surface area contributed by atoms with Crippen LogP contribution in [0.25, 0.3) is 0 Å². The maximum atomic E-state index is 13.2. The third kappa shape index (κ3) is 3.78. The fourth-order valence-electron chi connectivity index (χ4n) is 2.77. The summed E-state index contributed by atoms with van der Waals surface area (Å²) in [6.07, 6.45) is -2.52. The van der Waals surface area contributed by atoms with Gasteiger partial charge in [0.1, 0.15) is 11.8 Å². The summed E-state index contributed by atoms with van der Waals surface area (Å²) in [5, 5.41) is 20.1. The van der Waals surface area contributed by atoms with E-state index in [1.807, 2.05) is 0 Å². The lowest BCUT2D eigenvalue weighted by atomic mass is 10.1. The van der Waals surface area contributed by atoms with Gasteiger partial charge >= 0.3 is 0 Å². The van der Waals surface area contributed by atoms with Gasteiger partial charge in [-0.15, -0.1) is 5.10 Å². The van der Waals surface area contributed by atoms with Crippen LogP contribution in [0.1, 0.15) is 30.0 Å². The molecule has 27 heavy (non-hydrogen) atoms. The molecule has 1 aliphatic rings. The van der Waals surface area contributed by atoms with Crippen LogP contribution in [0.3, 0.4) is 0 Å². The van der Waals surface area contributed by atoms with Crippen LogP contribution in [-0.2, 0) is 0 Å². The van der Waals surface area contributed by atoms with Crippen molar-refractivity contribution in [2.45, 2.75) is 31.9 Å². The highest BCUT2D eigenvalue weighted by molar-refractivity contribution is 6.02. The van der Waals surface area contributed by atoms with E-state index < -0.39 is 23.3 Å². The monoisotopic (exact) mass is 382 g/mol. The Morgan fingerprint density at radius 2 is 2.22 bits per heavy atom. The molecular formula is C15H16F2N6O4. The highest BCUT2D eigenvalue weighted by Crippen LogP contribution is 2.30. The molecule has 0 unspecified atom stereocenters. The number of nitro groups is 1. The number of nitrogens with zero attached hydrogens (tertiary/aromatic N) is 4. The predicted molar refractivity (Wildman–Crippen MR) is 90.4 cm³/mol. The number of nitro benzene ring substituents is 1. The second-order valence-corrected chi connectivity index (χ2v) is 6.02. The van der Waals surface area contributed by atoms with Gasteiger partial charge in [0, 0.05) is 18.2 Å². The number of alkyl halides is 2. The molecule has 10 nitrogen and oxygen atoms in total. The molecule has 2 heterocycles. The van der Waals surface area contributed by atoms with Gasteiger partial charge in [0.2, 0.25) is 11.8 Å². The van der Waals surface area contributed by atoms with Crippen molar-refractivity contribution in [1.29, 1.82) is 0 Å². The SMILES string of the molecule is COc1cc(NC(=O)c2nc3n(n2)[C@@H](C(F)F)C[C@@H](C)N3)cc([N+](=O)[O-])c1. The Labute approximate surface area is 151 Å². The van der Waals surface area contributed by atoms with Crippen molar-refractivity contribution in [1.82, 2.24) is 14.8 Å². The van der Waals surface area contributed by atoms with Gasteiger partial charge in [0.25, 0.3) is 18.0 Å². The minimum Gasteiger partial charge on any atom is -0.496 e. The van der Waals surface area contributed by atoms with Crippen LogP contribution in [-0.4, -0.2) is 45.2 Å². The maximum Gasteiger partial charge on any atom is 0.295 e. The van der Waals surface area contributed by atoms with Gasteiger partial charge in [-0.05, 0) is 13.3 Å². The number of methoxy groups -OCH3 is 1. The molecule has 0 aliphatic carbocycles. The quantitative estimate of drug-likeness (QED) is 0.601. The number of benzene rings is 1. The molecular weight excluding hydrogens is 366 g/mol. The van der Waals surface area contributed by atoms with Crippen molar-refractivity contribution in [3.63, 3.8) is 0 Å². The number of non-ortho nitro benzene ring substituents is 1. The second kappa shape index (κ2) is 7.13. The zero-order valence-electron chi connectivity index (χ0n) is 14.3. The first kappa shape index (κ1) is 18.5. The van der Waals surface area contributed by atoms with Gasteiger partial charge in [0.15, 0.2) is 0 Å². The van der Waals surface area contributed by atoms with Gasteiger partial charge in [-0.1, -0.05) is 0 Å². The third-order valence-electron chi connectivity index (χ3n) is 4.01. The van der Waals surface area contributed by atoms with E-state index >= 15 is 0 Å². The number of nitrogens with one attached hydrogen (secondary N) is 2. The van der Waals surface area contributed by atoms with Crippen LogP contribution in [0.15, 0.2) is 18.2 Å². The Bertz CT molecular complexity index is 887. The van der Waals surface area contributed by atoms with E-state index in [0.717, 1.165) is 10.7 Å². The van der Waals surface area contributed by atoms with E-state index in [1.165, 1.54) is 19.2 Å². The highest BCUT2D eigenvalue weighted by Gasteiger charge is 2.34. The fourth-order valence-corrected chi connectivity index (χ4v) is 2.77. The lowest BCUT2D eigenvalue weighted by molar-refractivity contribution is -0.384. The number of halogens is 2. The van der Waals surface area contributed by atoms with Gasteiger partial charge < -0.3 is 15.4 Å². The third-order valence-corrected chi connectivity index (χ3v) is 4.01. The molecule has 144 valence electrons. The van der Waals surface area contributed by atoms with Crippen LogP contribution in [0.2, 0.25) is 0 Å². The second-order valence-electron chi connectivity index (χ2n) is 6.02. The topological polar surface area (TPSA) is 124 Å². The molecule has 1 aromatic heterocycles. The van der Waals surface area contributed by atoms with E-state index in [2.05, 4.69) is 20.7 Å². The molecule has 2 aromatic rings. The Hall–Kier alpha value is -3.31. The van der Waals surface area contributed by atoms with Gasteiger partial charge in [0.05, 0.1) is 23.8 Å². The molecule has 1 aliphatic heterocycles. The largest absolute Gasteiger partial charge is 0.496 e. The van der Waals surface area contributed by atoms with Crippen LogP contribution in [0.4, 0.5) is 26.1 Å². The van der Waals surface area contributed by atoms with Crippen LogP contribution in [0.5, 0.6) is 5.75 Å². The lowest BCUT2D eigenvalue weighted by Gasteiger charge is -2.28. The van der Waals surface area contributed by atoms with Crippen LogP contribution < -0.4 is 15.4 Å². The Morgan fingerprint density at radius 3 is 2.85 bits per heavy atom. The number of aromatic nitrogens is 3. The van der Waals surface area contributed by atoms with Crippen LogP contribution >= 0.6 is 0 Å². The molecule has 3 rings (SSSR count). The summed E-state index contributed by atoms with van der Waals surface area (Å²) in [6.45, 7) is 1.72. The van der Waals surface area contributed by atoms with Gasteiger partial charge in [-0.3, -0.25) is 14.9 Å². The molecule has 1 amide bonds. The van der Waals surface area contributed by atoms with Gasteiger partial charge in [-0.25, -0.2) is 13.5 Å². The molecule has 0 saturated carbocycles. The fraction of sp³-hybridized carbons (Fsp3) is 0.400. The summed E-state index contributed by atoms with van der Waals surface area (Å²) in [4.78, 5) is 26.7. The number of carbonyl (C=O) groups is 1. The van der Waals surface area contributed by atoms with Crippen molar-refractivity contribution >= 4 is 23.2 Å². The maximum absolute atomic E-state index is 13.2. The Morgan fingerprint density at radius 1 is 1.48 bits per heavy atom. The number of anilines is 2. The van der Waals surface area contributed by atoms with Crippen molar-refractivity contribution in [3.05, 3.63) is 34.1 Å². The van der Waals surface area contributed by atoms with Crippen molar-refractivity contribution in [2.24, 2.45) is 0 Å².